The first-order chi connectivity index (χ1) is 7.13. The topological polar surface area (TPSA) is 75.3 Å². The third kappa shape index (κ3) is 3.69. The highest BCUT2D eigenvalue weighted by atomic mass is 16.3. The first-order valence-corrected chi connectivity index (χ1v) is 4.86. The highest BCUT2D eigenvalue weighted by Gasteiger charge is 2.02. The molecule has 4 N–H and O–H groups in total. The van der Waals surface area contributed by atoms with Gasteiger partial charge >= 0.3 is 0 Å². The standard InChI is InChI=1S/C11H16N2O2/c1-8(14)9-3-2-4-10(5-9)13-7-11(15)6-12/h2-5,11,13,15H,6-7,12H2,1H3. The molecule has 0 saturated heterocycles. The summed E-state index contributed by atoms with van der Waals surface area (Å²) in [4.78, 5) is 11.1. The molecule has 0 fully saturated rings. The number of anilines is 1. The number of benzene rings is 1. The number of aliphatic hydroxyl groups excluding tert-OH is 1. The van der Waals surface area contributed by atoms with Gasteiger partial charge in [0.05, 0.1) is 6.10 Å². The number of hydrogen-bond acceptors (Lipinski definition) is 4. The third-order valence-electron chi connectivity index (χ3n) is 2.08. The number of carbonyl (C=O) groups is 1. The Labute approximate surface area is 89.1 Å². The molecule has 0 heterocycles. The van der Waals surface area contributed by atoms with E-state index in [1.165, 1.54) is 6.92 Å². The molecule has 0 saturated carbocycles. The summed E-state index contributed by atoms with van der Waals surface area (Å²) in [6, 6.07) is 7.15. The molecule has 0 bridgehead atoms. The predicted molar refractivity (Wildman–Crippen MR) is 60.0 cm³/mol. The first kappa shape index (κ1) is 11.7. The van der Waals surface area contributed by atoms with Gasteiger partial charge in [0.2, 0.25) is 0 Å². The molecule has 0 aromatic heterocycles. The molecular formula is C11H16N2O2. The maximum atomic E-state index is 11.1. The highest BCUT2D eigenvalue weighted by molar-refractivity contribution is 5.94. The lowest BCUT2D eigenvalue weighted by molar-refractivity contribution is 0.101. The van der Waals surface area contributed by atoms with Crippen LogP contribution in [0.4, 0.5) is 5.69 Å². The molecule has 15 heavy (non-hydrogen) atoms. The van der Waals surface area contributed by atoms with E-state index in [2.05, 4.69) is 5.32 Å². The second-order valence-corrected chi connectivity index (χ2v) is 3.41. The van der Waals surface area contributed by atoms with Crippen LogP contribution in [0.1, 0.15) is 17.3 Å². The Morgan fingerprint density at radius 1 is 1.60 bits per heavy atom. The summed E-state index contributed by atoms with van der Waals surface area (Å²) in [5.41, 5.74) is 6.74. The van der Waals surface area contributed by atoms with Crippen LogP contribution in [0.2, 0.25) is 0 Å². The molecule has 0 aliphatic heterocycles. The van der Waals surface area contributed by atoms with Crippen LogP contribution in [0.3, 0.4) is 0 Å². The number of Topliss-reactive ketones (excluding diaryl/α,β-unsaturated/α-hetero) is 1. The summed E-state index contributed by atoms with van der Waals surface area (Å²) in [6.45, 7) is 2.13. The van der Waals surface area contributed by atoms with E-state index in [1.807, 2.05) is 6.07 Å². The van der Waals surface area contributed by atoms with Gasteiger partial charge in [0.25, 0.3) is 0 Å². The molecule has 1 aromatic rings. The van der Waals surface area contributed by atoms with Crippen LogP contribution in [0.25, 0.3) is 0 Å². The van der Waals surface area contributed by atoms with Gasteiger partial charge in [-0.2, -0.15) is 0 Å². The Morgan fingerprint density at radius 3 is 2.93 bits per heavy atom. The maximum absolute atomic E-state index is 11.1. The minimum Gasteiger partial charge on any atom is -0.390 e. The number of aliphatic hydroxyl groups is 1. The van der Waals surface area contributed by atoms with E-state index in [0.717, 1.165) is 5.69 Å². The molecule has 1 atom stereocenters. The van der Waals surface area contributed by atoms with Gasteiger partial charge in [-0.3, -0.25) is 4.79 Å². The average molecular weight is 208 g/mol. The molecule has 4 heteroatoms. The second kappa shape index (κ2) is 5.48. The molecule has 1 unspecified atom stereocenters. The summed E-state index contributed by atoms with van der Waals surface area (Å²) in [5, 5.41) is 12.3. The fraction of sp³-hybridized carbons (Fsp3) is 0.364. The van der Waals surface area contributed by atoms with Crippen molar-refractivity contribution in [2.24, 2.45) is 5.73 Å². The van der Waals surface area contributed by atoms with Crippen LogP contribution >= 0.6 is 0 Å². The van der Waals surface area contributed by atoms with Gasteiger partial charge in [0.15, 0.2) is 5.78 Å². The molecule has 1 rings (SSSR count). The summed E-state index contributed by atoms with van der Waals surface area (Å²) < 4.78 is 0. The maximum Gasteiger partial charge on any atom is 0.159 e. The van der Waals surface area contributed by atoms with E-state index in [0.29, 0.717) is 12.1 Å². The van der Waals surface area contributed by atoms with Gasteiger partial charge in [0, 0.05) is 24.3 Å². The van der Waals surface area contributed by atoms with Crippen LogP contribution in [0.15, 0.2) is 24.3 Å². The van der Waals surface area contributed by atoms with Crippen molar-refractivity contribution >= 4 is 11.5 Å². The summed E-state index contributed by atoms with van der Waals surface area (Å²) in [6.07, 6.45) is -0.564. The van der Waals surface area contributed by atoms with Crippen molar-refractivity contribution in [2.45, 2.75) is 13.0 Å². The Morgan fingerprint density at radius 2 is 2.33 bits per heavy atom. The number of nitrogens with one attached hydrogen (secondary N) is 1. The summed E-state index contributed by atoms with van der Waals surface area (Å²) in [5.74, 6) is 0.0259. The van der Waals surface area contributed by atoms with Crippen LogP contribution in [-0.4, -0.2) is 30.1 Å². The van der Waals surface area contributed by atoms with Crippen molar-refractivity contribution in [3.05, 3.63) is 29.8 Å². The van der Waals surface area contributed by atoms with Gasteiger partial charge in [-0.15, -0.1) is 0 Å². The van der Waals surface area contributed by atoms with Crippen molar-refractivity contribution in [2.75, 3.05) is 18.4 Å². The molecule has 0 radical (unpaired) electrons. The van der Waals surface area contributed by atoms with Gasteiger partial charge in [-0.25, -0.2) is 0 Å². The molecule has 0 aliphatic rings. The van der Waals surface area contributed by atoms with Crippen LogP contribution in [0.5, 0.6) is 0 Å². The molecule has 0 amide bonds. The molecule has 0 aliphatic carbocycles. The molecular weight excluding hydrogens is 192 g/mol. The minimum absolute atomic E-state index is 0.0259. The lowest BCUT2D eigenvalue weighted by atomic mass is 10.1. The largest absolute Gasteiger partial charge is 0.390 e. The molecule has 0 spiro atoms. The highest BCUT2D eigenvalue weighted by Crippen LogP contribution is 2.10. The summed E-state index contributed by atoms with van der Waals surface area (Å²) in [7, 11) is 0. The van der Waals surface area contributed by atoms with Crippen LogP contribution in [-0.2, 0) is 0 Å². The normalized spacial score (nSPS) is 12.2. The fourth-order valence-electron chi connectivity index (χ4n) is 1.17. The smallest absolute Gasteiger partial charge is 0.159 e. The van der Waals surface area contributed by atoms with E-state index in [-0.39, 0.29) is 12.3 Å². The number of ketones is 1. The number of hydrogen-bond donors (Lipinski definition) is 3. The van der Waals surface area contributed by atoms with Gasteiger partial charge in [-0.05, 0) is 19.1 Å². The van der Waals surface area contributed by atoms with Gasteiger partial charge in [0.1, 0.15) is 0 Å². The zero-order chi connectivity index (χ0) is 11.3. The lowest BCUT2D eigenvalue weighted by Gasteiger charge is -2.10. The summed E-state index contributed by atoms with van der Waals surface area (Å²) >= 11 is 0. The van der Waals surface area contributed by atoms with Crippen LogP contribution < -0.4 is 11.1 Å². The monoisotopic (exact) mass is 208 g/mol. The fourth-order valence-corrected chi connectivity index (χ4v) is 1.17. The molecule has 1 aromatic carbocycles. The van der Waals surface area contributed by atoms with E-state index in [9.17, 15) is 9.90 Å². The van der Waals surface area contributed by atoms with Gasteiger partial charge < -0.3 is 16.2 Å². The number of nitrogens with two attached hydrogens (primary N) is 1. The Bertz CT molecular complexity index is 339. The SMILES string of the molecule is CC(=O)c1cccc(NCC(O)CN)c1. The Hall–Kier alpha value is -1.39. The second-order valence-electron chi connectivity index (χ2n) is 3.41. The van der Waals surface area contributed by atoms with Crippen LogP contribution in [0, 0.1) is 0 Å². The van der Waals surface area contributed by atoms with Gasteiger partial charge in [-0.1, -0.05) is 12.1 Å². The number of rotatable bonds is 5. The quantitative estimate of drug-likeness (QED) is 0.620. The molecule has 82 valence electrons. The zero-order valence-electron chi connectivity index (χ0n) is 8.73. The van der Waals surface area contributed by atoms with Crippen molar-refractivity contribution in [3.63, 3.8) is 0 Å². The van der Waals surface area contributed by atoms with Crippen molar-refractivity contribution in [3.8, 4) is 0 Å². The lowest BCUT2D eigenvalue weighted by Crippen LogP contribution is -2.27. The van der Waals surface area contributed by atoms with Crippen molar-refractivity contribution in [1.82, 2.24) is 0 Å². The average Bonchev–Trinajstić information content (AvgIpc) is 2.26. The molecule has 4 nitrogen and oxygen atoms in total. The van der Waals surface area contributed by atoms with Crippen molar-refractivity contribution in [1.29, 1.82) is 0 Å². The predicted octanol–water partition coefficient (Wildman–Crippen LogP) is 0.621. The van der Waals surface area contributed by atoms with E-state index >= 15 is 0 Å². The minimum atomic E-state index is -0.564. The van der Waals surface area contributed by atoms with Crippen molar-refractivity contribution < 1.29 is 9.90 Å². The zero-order valence-corrected chi connectivity index (χ0v) is 8.73. The van der Waals surface area contributed by atoms with E-state index < -0.39 is 6.10 Å². The Balaban J connectivity index is 2.62. The Kier molecular flexibility index (Phi) is 4.27. The van der Waals surface area contributed by atoms with E-state index in [4.69, 9.17) is 5.73 Å². The number of carbonyl (C=O) groups excluding carboxylic acids is 1. The van der Waals surface area contributed by atoms with E-state index in [1.54, 1.807) is 18.2 Å². The first-order valence-electron chi connectivity index (χ1n) is 4.86. The third-order valence-corrected chi connectivity index (χ3v) is 2.08.